The Labute approximate surface area is 115 Å². The average molecular weight is 262 g/mol. The molecule has 2 aromatic heterocycles. The normalized spacial score (nSPS) is 10.2. The van der Waals surface area contributed by atoms with Crippen molar-refractivity contribution in [1.29, 1.82) is 5.26 Å². The van der Waals surface area contributed by atoms with Crippen LogP contribution < -0.4 is 4.74 Å². The highest BCUT2D eigenvalue weighted by molar-refractivity contribution is 5.79. The van der Waals surface area contributed by atoms with Gasteiger partial charge in [0.05, 0.1) is 5.52 Å². The monoisotopic (exact) mass is 262 g/mol. The smallest absolute Gasteiger partial charge is 0.323 e. The summed E-state index contributed by atoms with van der Waals surface area (Å²) < 4.78 is 5.60. The van der Waals surface area contributed by atoms with Crippen LogP contribution in [0.2, 0.25) is 0 Å². The van der Waals surface area contributed by atoms with Crippen LogP contribution in [0.1, 0.15) is 11.4 Å². The van der Waals surface area contributed by atoms with Gasteiger partial charge in [0.15, 0.2) is 0 Å². The molecule has 5 nitrogen and oxygen atoms in total. The van der Waals surface area contributed by atoms with Crippen LogP contribution in [-0.4, -0.2) is 15.0 Å². The van der Waals surface area contributed by atoms with E-state index in [0.717, 1.165) is 10.9 Å². The van der Waals surface area contributed by atoms with Gasteiger partial charge in [0.25, 0.3) is 0 Å². The number of nitrogens with zero attached hydrogens (tertiary/aromatic N) is 4. The Balaban J connectivity index is 1.97. The van der Waals surface area contributed by atoms with Crippen LogP contribution in [-0.2, 0) is 0 Å². The second-order valence-corrected chi connectivity index (χ2v) is 4.25. The Bertz CT molecular complexity index is 823. The molecule has 0 radical (unpaired) electrons. The number of nitriles is 1. The van der Waals surface area contributed by atoms with E-state index in [-0.39, 0.29) is 11.7 Å². The van der Waals surface area contributed by atoms with Crippen molar-refractivity contribution < 1.29 is 4.74 Å². The molecule has 3 rings (SSSR count). The second-order valence-electron chi connectivity index (χ2n) is 4.25. The van der Waals surface area contributed by atoms with Crippen molar-refractivity contribution in [3.8, 4) is 17.8 Å². The predicted octanol–water partition coefficient (Wildman–Crippen LogP) is 3.00. The largest absolute Gasteiger partial charge is 0.424 e. The fraction of sp³-hybridized carbons (Fsp3) is 0.0667. The van der Waals surface area contributed by atoms with Crippen molar-refractivity contribution in [2.75, 3.05) is 0 Å². The summed E-state index contributed by atoms with van der Waals surface area (Å²) in [4.78, 5) is 12.4. The Kier molecular flexibility index (Phi) is 2.98. The molecule has 0 bridgehead atoms. The lowest BCUT2D eigenvalue weighted by Gasteiger charge is -2.05. The summed E-state index contributed by atoms with van der Waals surface area (Å²) in [5.74, 6) is 0.589. The lowest BCUT2D eigenvalue weighted by atomic mass is 10.2. The molecular formula is C15H10N4O. The predicted molar refractivity (Wildman–Crippen MR) is 73.3 cm³/mol. The van der Waals surface area contributed by atoms with E-state index >= 15 is 0 Å². The summed E-state index contributed by atoms with van der Waals surface area (Å²) in [7, 11) is 0. The van der Waals surface area contributed by atoms with Gasteiger partial charge in [-0.15, -0.1) is 0 Å². The molecule has 0 atom stereocenters. The van der Waals surface area contributed by atoms with Gasteiger partial charge in [-0.2, -0.15) is 10.2 Å². The Morgan fingerprint density at radius 3 is 2.90 bits per heavy atom. The standard InChI is InChI=1S/C15H10N4O/c1-10-7-12(9-16)19-15(18-10)20-13-5-4-11-3-2-6-17-14(11)8-13/h2-8H,1H3. The molecule has 0 aliphatic heterocycles. The number of rotatable bonds is 2. The van der Waals surface area contributed by atoms with E-state index in [1.54, 1.807) is 19.2 Å². The topological polar surface area (TPSA) is 71.7 Å². The first kappa shape index (κ1) is 12.1. The van der Waals surface area contributed by atoms with E-state index in [4.69, 9.17) is 10.00 Å². The summed E-state index contributed by atoms with van der Waals surface area (Å²) in [5, 5.41) is 9.92. The maximum atomic E-state index is 8.89. The first-order valence-corrected chi connectivity index (χ1v) is 6.03. The molecule has 0 fully saturated rings. The molecule has 2 heterocycles. The third kappa shape index (κ3) is 2.40. The third-order valence-corrected chi connectivity index (χ3v) is 2.73. The van der Waals surface area contributed by atoms with Crippen LogP contribution in [0.5, 0.6) is 11.8 Å². The zero-order valence-electron chi connectivity index (χ0n) is 10.7. The highest BCUT2D eigenvalue weighted by Gasteiger charge is 2.05. The van der Waals surface area contributed by atoms with Crippen molar-refractivity contribution in [2.45, 2.75) is 6.92 Å². The third-order valence-electron chi connectivity index (χ3n) is 2.73. The molecule has 0 N–H and O–H groups in total. The van der Waals surface area contributed by atoms with Gasteiger partial charge < -0.3 is 4.74 Å². The minimum absolute atomic E-state index is 0.164. The number of pyridine rings is 1. The van der Waals surface area contributed by atoms with Gasteiger partial charge >= 0.3 is 6.01 Å². The van der Waals surface area contributed by atoms with E-state index in [0.29, 0.717) is 11.4 Å². The number of aryl methyl sites for hydroxylation is 1. The van der Waals surface area contributed by atoms with Crippen molar-refractivity contribution in [1.82, 2.24) is 15.0 Å². The van der Waals surface area contributed by atoms with Crippen LogP contribution in [0, 0.1) is 18.3 Å². The molecule has 1 aromatic carbocycles. The van der Waals surface area contributed by atoms with E-state index < -0.39 is 0 Å². The van der Waals surface area contributed by atoms with E-state index in [1.165, 1.54) is 0 Å². The molecule has 0 aliphatic carbocycles. The highest BCUT2D eigenvalue weighted by Crippen LogP contribution is 2.22. The van der Waals surface area contributed by atoms with Crippen LogP contribution in [0.3, 0.4) is 0 Å². The number of aromatic nitrogens is 3. The van der Waals surface area contributed by atoms with E-state index in [1.807, 2.05) is 36.4 Å². The zero-order valence-corrected chi connectivity index (χ0v) is 10.7. The van der Waals surface area contributed by atoms with E-state index in [2.05, 4.69) is 15.0 Å². The molecule has 3 aromatic rings. The van der Waals surface area contributed by atoms with Gasteiger partial charge in [0, 0.05) is 23.3 Å². The molecule has 96 valence electrons. The minimum Gasteiger partial charge on any atom is -0.424 e. The molecule has 20 heavy (non-hydrogen) atoms. The summed E-state index contributed by atoms with van der Waals surface area (Å²) >= 11 is 0. The lowest BCUT2D eigenvalue weighted by molar-refractivity contribution is 0.440. The molecule has 0 unspecified atom stereocenters. The SMILES string of the molecule is Cc1cc(C#N)nc(Oc2ccc3cccnc3c2)n1. The van der Waals surface area contributed by atoms with Crippen molar-refractivity contribution in [3.63, 3.8) is 0 Å². The number of hydrogen-bond acceptors (Lipinski definition) is 5. The average Bonchev–Trinajstić information content (AvgIpc) is 2.46. The number of hydrogen-bond donors (Lipinski definition) is 0. The molecule has 0 saturated carbocycles. The van der Waals surface area contributed by atoms with Gasteiger partial charge in [0.1, 0.15) is 17.5 Å². The summed E-state index contributed by atoms with van der Waals surface area (Å²) in [6.07, 6.45) is 1.73. The van der Waals surface area contributed by atoms with Crippen LogP contribution in [0.4, 0.5) is 0 Å². The highest BCUT2D eigenvalue weighted by atomic mass is 16.5. The maximum absolute atomic E-state index is 8.89. The first-order valence-electron chi connectivity index (χ1n) is 6.03. The van der Waals surface area contributed by atoms with Crippen molar-refractivity contribution in [3.05, 3.63) is 54.0 Å². The lowest BCUT2D eigenvalue weighted by Crippen LogP contribution is -1.96. The molecule has 0 aliphatic rings. The molecule has 0 amide bonds. The van der Waals surface area contributed by atoms with Crippen LogP contribution >= 0.6 is 0 Å². The first-order chi connectivity index (χ1) is 9.74. The summed E-state index contributed by atoms with van der Waals surface area (Å²) in [6.45, 7) is 1.79. The molecule has 0 saturated heterocycles. The molecule has 5 heteroatoms. The van der Waals surface area contributed by atoms with Crippen molar-refractivity contribution in [2.24, 2.45) is 0 Å². The van der Waals surface area contributed by atoms with Gasteiger partial charge in [-0.1, -0.05) is 6.07 Å². The van der Waals surface area contributed by atoms with Crippen LogP contribution in [0.25, 0.3) is 10.9 Å². The van der Waals surface area contributed by atoms with Gasteiger partial charge in [-0.3, -0.25) is 4.98 Å². The Morgan fingerprint density at radius 2 is 2.05 bits per heavy atom. The number of fused-ring (bicyclic) bond motifs is 1. The number of ether oxygens (including phenoxy) is 1. The van der Waals surface area contributed by atoms with Crippen LogP contribution in [0.15, 0.2) is 42.6 Å². The van der Waals surface area contributed by atoms with Gasteiger partial charge in [-0.05, 0) is 31.2 Å². The quantitative estimate of drug-likeness (QED) is 0.709. The summed E-state index contributed by atoms with van der Waals surface area (Å²) in [6, 6.07) is 13.2. The van der Waals surface area contributed by atoms with Crippen molar-refractivity contribution >= 4 is 10.9 Å². The minimum atomic E-state index is 0.164. The Morgan fingerprint density at radius 1 is 1.15 bits per heavy atom. The molecule has 0 spiro atoms. The maximum Gasteiger partial charge on any atom is 0.323 e. The van der Waals surface area contributed by atoms with Gasteiger partial charge in [0.2, 0.25) is 0 Å². The zero-order chi connectivity index (χ0) is 13.9. The fourth-order valence-electron chi connectivity index (χ4n) is 1.86. The van der Waals surface area contributed by atoms with E-state index in [9.17, 15) is 0 Å². The van der Waals surface area contributed by atoms with Gasteiger partial charge in [-0.25, -0.2) is 4.98 Å². The number of benzene rings is 1. The fourth-order valence-corrected chi connectivity index (χ4v) is 1.86. The summed E-state index contributed by atoms with van der Waals surface area (Å²) in [5.41, 5.74) is 1.80. The Hall–Kier alpha value is -3.00. The second kappa shape index (κ2) is 4.94. The molecular weight excluding hydrogens is 252 g/mol.